The number of benzene rings is 1. The molecule has 1 aliphatic carbocycles. The van der Waals surface area contributed by atoms with Crippen LogP contribution in [-0.4, -0.2) is 28.9 Å². The monoisotopic (exact) mass is 536 g/mol. The van der Waals surface area contributed by atoms with Gasteiger partial charge in [-0.25, -0.2) is 4.57 Å². The average molecular weight is 538 g/mol. The molecule has 3 aromatic rings. The third kappa shape index (κ3) is 4.56. The van der Waals surface area contributed by atoms with Crippen molar-refractivity contribution in [2.75, 3.05) is 13.1 Å². The normalized spacial score (nSPS) is 15.6. The summed E-state index contributed by atoms with van der Waals surface area (Å²) in [5.41, 5.74) is 9.71. The molecule has 174 valence electrons. The number of aromatic nitrogens is 2. The predicted octanol–water partition coefficient (Wildman–Crippen LogP) is 5.40. The van der Waals surface area contributed by atoms with E-state index in [-0.39, 0.29) is 5.91 Å². The number of nitrogens with zero attached hydrogens (tertiary/aromatic N) is 3. The number of aryl methyl sites for hydroxylation is 3. The second-order valence-electron chi connectivity index (χ2n) is 9.32. The molecule has 0 saturated carbocycles. The molecule has 1 fully saturated rings. The highest BCUT2D eigenvalue weighted by atomic mass is 79.9. The zero-order valence-electron chi connectivity index (χ0n) is 19.6. The Morgan fingerprint density at radius 3 is 2.59 bits per heavy atom. The molecule has 0 radical (unpaired) electrons. The minimum Gasteiger partial charge on any atom is -0.342 e. The van der Waals surface area contributed by atoms with Crippen LogP contribution >= 0.6 is 27.5 Å². The van der Waals surface area contributed by atoms with Crippen molar-refractivity contribution in [2.24, 2.45) is 7.05 Å². The number of likely N-dealkylation sites (tertiary alicyclic amines) is 1. The molecule has 0 spiro atoms. The number of fused-ring (bicyclic) bond motifs is 2. The van der Waals surface area contributed by atoms with Crippen molar-refractivity contribution < 1.29 is 9.36 Å². The van der Waals surface area contributed by atoms with Gasteiger partial charge in [0.1, 0.15) is 7.05 Å². The molecule has 4 nitrogen and oxygen atoms in total. The highest BCUT2D eigenvalue weighted by Crippen LogP contribution is 2.42. The molecule has 0 unspecified atom stereocenters. The third-order valence-corrected chi connectivity index (χ3v) is 8.38. The largest absolute Gasteiger partial charge is 0.342 e. The number of piperidine rings is 1. The van der Waals surface area contributed by atoms with Gasteiger partial charge >= 0.3 is 0 Å². The first-order valence-electron chi connectivity index (χ1n) is 11.8. The van der Waals surface area contributed by atoms with Crippen LogP contribution < -0.4 is 4.57 Å². The maximum absolute atomic E-state index is 13.0. The molecule has 2 aromatic heterocycles. The molecule has 5 rings (SSSR count). The topological polar surface area (TPSA) is 37.1 Å². The van der Waals surface area contributed by atoms with Crippen molar-refractivity contribution in [1.82, 2.24) is 9.88 Å². The van der Waals surface area contributed by atoms with Crippen LogP contribution in [-0.2, 0) is 31.1 Å². The predicted molar refractivity (Wildman–Crippen MR) is 139 cm³/mol. The van der Waals surface area contributed by atoms with Crippen LogP contribution in [0.15, 0.2) is 59.0 Å². The van der Waals surface area contributed by atoms with E-state index in [2.05, 4.69) is 35.0 Å². The smallest absolute Gasteiger partial charge is 0.227 e. The van der Waals surface area contributed by atoms with Gasteiger partial charge in [-0.15, -0.1) is 0 Å². The molecule has 1 aliphatic heterocycles. The van der Waals surface area contributed by atoms with E-state index < -0.39 is 0 Å². The Labute approximate surface area is 214 Å². The van der Waals surface area contributed by atoms with E-state index in [0.717, 1.165) is 59.5 Å². The van der Waals surface area contributed by atoms with Gasteiger partial charge in [0.15, 0.2) is 12.4 Å². The maximum atomic E-state index is 13.0. The lowest BCUT2D eigenvalue weighted by Crippen LogP contribution is -2.37. The maximum Gasteiger partial charge on any atom is 0.227 e. The zero-order chi connectivity index (χ0) is 23.8. The highest BCUT2D eigenvalue weighted by Gasteiger charge is 2.28. The average Bonchev–Trinajstić information content (AvgIpc) is 3.00. The fourth-order valence-corrected chi connectivity index (χ4v) is 5.80. The summed E-state index contributed by atoms with van der Waals surface area (Å²) < 4.78 is 2.97. The molecule has 2 aliphatic rings. The van der Waals surface area contributed by atoms with Gasteiger partial charge in [0.25, 0.3) is 0 Å². The minimum atomic E-state index is 0.197. The second-order valence-corrected chi connectivity index (χ2v) is 10.5. The standard InChI is InChI=1S/C28H28BrClN3O/c1-18-15-21-3-4-23-22(5-6-24(30)27(23)29)26(28(21)31-17-18)20-9-13-33(14-10-20)25(34)16-19-7-11-32(2)12-8-19/h5-8,11-12,15,17H,3-4,9-10,13-14,16H2,1-2H3/q+1. The van der Waals surface area contributed by atoms with E-state index in [4.69, 9.17) is 16.6 Å². The number of carbonyl (C=O) groups is 1. The van der Waals surface area contributed by atoms with Crippen LogP contribution in [0, 0.1) is 6.92 Å². The molecule has 6 heteroatoms. The lowest BCUT2D eigenvalue weighted by Gasteiger charge is -2.30. The van der Waals surface area contributed by atoms with Gasteiger partial charge in [0, 0.05) is 41.5 Å². The molecule has 1 aromatic carbocycles. The summed E-state index contributed by atoms with van der Waals surface area (Å²) in [6.07, 6.45) is 9.97. The van der Waals surface area contributed by atoms with Gasteiger partial charge in [0.05, 0.1) is 17.1 Å². The molecular weight excluding hydrogens is 510 g/mol. The van der Waals surface area contributed by atoms with Crippen molar-refractivity contribution in [1.29, 1.82) is 0 Å². The highest BCUT2D eigenvalue weighted by molar-refractivity contribution is 9.10. The Balaban J connectivity index is 1.46. The lowest BCUT2D eigenvalue weighted by molar-refractivity contribution is -0.671. The van der Waals surface area contributed by atoms with Gasteiger partial charge in [-0.3, -0.25) is 9.78 Å². The first kappa shape index (κ1) is 23.3. The summed E-state index contributed by atoms with van der Waals surface area (Å²) in [5.74, 6) is 0.197. The number of pyridine rings is 2. The van der Waals surface area contributed by atoms with Crippen LogP contribution in [0.25, 0.3) is 5.57 Å². The van der Waals surface area contributed by atoms with Crippen LogP contribution in [0.3, 0.4) is 0 Å². The summed E-state index contributed by atoms with van der Waals surface area (Å²) in [7, 11) is 1.98. The van der Waals surface area contributed by atoms with E-state index in [1.165, 1.54) is 33.4 Å². The summed E-state index contributed by atoms with van der Waals surface area (Å²) in [4.78, 5) is 19.9. The minimum absolute atomic E-state index is 0.197. The Bertz CT molecular complexity index is 1290. The molecule has 0 bridgehead atoms. The third-order valence-electron chi connectivity index (χ3n) is 6.93. The Hall–Kier alpha value is -2.50. The van der Waals surface area contributed by atoms with Crippen LogP contribution in [0.1, 0.15) is 46.4 Å². The SMILES string of the molecule is Cc1cnc2c(c1)CCc1c(ccc(Cl)c1Br)C2=C1CCN(C(=O)Cc2cc[n+](C)cc2)CC1. The number of amides is 1. The molecule has 0 atom stereocenters. The van der Waals surface area contributed by atoms with E-state index in [9.17, 15) is 4.79 Å². The summed E-state index contributed by atoms with van der Waals surface area (Å²) >= 11 is 10.2. The van der Waals surface area contributed by atoms with E-state index >= 15 is 0 Å². The van der Waals surface area contributed by atoms with Gasteiger partial charge in [-0.1, -0.05) is 29.3 Å². The van der Waals surface area contributed by atoms with E-state index in [1.807, 2.05) is 53.3 Å². The van der Waals surface area contributed by atoms with Gasteiger partial charge < -0.3 is 4.90 Å². The fraction of sp³-hybridized carbons (Fsp3) is 0.321. The Kier molecular flexibility index (Phi) is 6.59. The van der Waals surface area contributed by atoms with Crippen molar-refractivity contribution in [2.45, 2.75) is 39.0 Å². The Morgan fingerprint density at radius 2 is 1.85 bits per heavy atom. The molecule has 34 heavy (non-hydrogen) atoms. The van der Waals surface area contributed by atoms with Crippen molar-refractivity contribution in [3.05, 3.63) is 97.5 Å². The fourth-order valence-electron chi connectivity index (χ4n) is 5.07. The molecule has 1 amide bonds. The summed E-state index contributed by atoms with van der Waals surface area (Å²) in [6.45, 7) is 3.58. The number of halogens is 2. The second kappa shape index (κ2) is 9.63. The first-order valence-corrected chi connectivity index (χ1v) is 12.9. The number of carbonyl (C=O) groups excluding carboxylic acids is 1. The molecule has 3 heterocycles. The van der Waals surface area contributed by atoms with Gasteiger partial charge in [0.2, 0.25) is 5.91 Å². The quantitative estimate of drug-likeness (QED) is 0.411. The number of hydrogen-bond acceptors (Lipinski definition) is 2. The Morgan fingerprint density at radius 1 is 1.12 bits per heavy atom. The van der Waals surface area contributed by atoms with Crippen molar-refractivity contribution >= 4 is 39.0 Å². The molecular formula is C28H28BrClN3O+. The number of hydrogen-bond donors (Lipinski definition) is 0. The van der Waals surface area contributed by atoms with Gasteiger partial charge in [-0.2, -0.15) is 0 Å². The zero-order valence-corrected chi connectivity index (χ0v) is 21.9. The summed E-state index contributed by atoms with van der Waals surface area (Å²) in [6, 6.07) is 10.4. The van der Waals surface area contributed by atoms with Crippen LogP contribution in [0.2, 0.25) is 5.02 Å². The van der Waals surface area contributed by atoms with E-state index in [1.54, 1.807) is 0 Å². The number of rotatable bonds is 2. The molecule has 0 N–H and O–H groups in total. The van der Waals surface area contributed by atoms with Crippen molar-refractivity contribution in [3.63, 3.8) is 0 Å². The molecule has 1 saturated heterocycles. The van der Waals surface area contributed by atoms with Crippen molar-refractivity contribution in [3.8, 4) is 0 Å². The van der Waals surface area contributed by atoms with Gasteiger partial charge in [-0.05, 0) is 82.4 Å². The first-order chi connectivity index (χ1) is 16.4. The van der Waals surface area contributed by atoms with Crippen LogP contribution in [0.4, 0.5) is 0 Å². The van der Waals surface area contributed by atoms with E-state index in [0.29, 0.717) is 6.42 Å². The van der Waals surface area contributed by atoms with Crippen LogP contribution in [0.5, 0.6) is 0 Å². The summed E-state index contributed by atoms with van der Waals surface area (Å²) in [5, 5.41) is 0.744. The lowest BCUT2D eigenvalue weighted by atomic mass is 9.88.